The highest BCUT2D eigenvalue weighted by Crippen LogP contribution is 2.48. The van der Waals surface area contributed by atoms with Crippen LogP contribution >= 0.6 is 0 Å². The Kier molecular flexibility index (Phi) is 5.68. The SMILES string of the molecule is CC1CCC(C2CCC(C3CC(C)C(C)C(F)C3)C(F)C2)CC1. The largest absolute Gasteiger partial charge is 0.247 e. The fourth-order valence-corrected chi connectivity index (χ4v) is 5.88. The first-order chi connectivity index (χ1) is 11.0. The van der Waals surface area contributed by atoms with E-state index < -0.39 is 12.3 Å². The van der Waals surface area contributed by atoms with Crippen molar-refractivity contribution in [3.8, 4) is 0 Å². The fourth-order valence-electron chi connectivity index (χ4n) is 5.88. The average molecular weight is 327 g/mol. The van der Waals surface area contributed by atoms with Crippen LogP contribution in [0.4, 0.5) is 8.78 Å². The van der Waals surface area contributed by atoms with Gasteiger partial charge in [-0.05, 0) is 86.4 Å². The van der Waals surface area contributed by atoms with Gasteiger partial charge in [-0.25, -0.2) is 8.78 Å². The van der Waals surface area contributed by atoms with Gasteiger partial charge in [0.15, 0.2) is 0 Å². The quantitative estimate of drug-likeness (QED) is 0.537. The van der Waals surface area contributed by atoms with Gasteiger partial charge in [-0.15, -0.1) is 0 Å². The number of hydrogen-bond donors (Lipinski definition) is 0. The van der Waals surface area contributed by atoms with E-state index in [1.807, 2.05) is 6.92 Å². The highest BCUT2D eigenvalue weighted by molar-refractivity contribution is 4.92. The maximum absolute atomic E-state index is 14.9. The Morgan fingerprint density at radius 1 is 0.609 bits per heavy atom. The van der Waals surface area contributed by atoms with Crippen LogP contribution in [0, 0.1) is 41.4 Å². The van der Waals surface area contributed by atoms with Crippen LogP contribution in [0.15, 0.2) is 0 Å². The molecule has 0 nitrogen and oxygen atoms in total. The van der Waals surface area contributed by atoms with Crippen LogP contribution in [0.5, 0.6) is 0 Å². The van der Waals surface area contributed by atoms with Crippen molar-refractivity contribution >= 4 is 0 Å². The second-order valence-electron chi connectivity index (χ2n) is 9.36. The van der Waals surface area contributed by atoms with Crippen molar-refractivity contribution in [1.82, 2.24) is 0 Å². The van der Waals surface area contributed by atoms with Gasteiger partial charge in [-0.1, -0.05) is 33.6 Å². The topological polar surface area (TPSA) is 0 Å². The second kappa shape index (κ2) is 7.40. The molecule has 23 heavy (non-hydrogen) atoms. The molecule has 0 aromatic rings. The first-order valence-corrected chi connectivity index (χ1v) is 10.2. The monoisotopic (exact) mass is 326 g/mol. The summed E-state index contributed by atoms with van der Waals surface area (Å²) in [4.78, 5) is 0. The molecule has 3 aliphatic carbocycles. The molecule has 3 fully saturated rings. The van der Waals surface area contributed by atoms with E-state index in [0.29, 0.717) is 24.2 Å². The number of hydrogen-bond acceptors (Lipinski definition) is 0. The molecular formula is C21H36F2. The molecule has 0 N–H and O–H groups in total. The van der Waals surface area contributed by atoms with E-state index in [-0.39, 0.29) is 11.8 Å². The molecule has 3 saturated carbocycles. The van der Waals surface area contributed by atoms with Gasteiger partial charge in [-0.3, -0.25) is 0 Å². The van der Waals surface area contributed by atoms with Gasteiger partial charge in [0.2, 0.25) is 0 Å². The Balaban J connectivity index is 1.54. The third kappa shape index (κ3) is 3.93. The molecule has 7 unspecified atom stereocenters. The zero-order valence-electron chi connectivity index (χ0n) is 15.3. The van der Waals surface area contributed by atoms with Crippen LogP contribution in [0.3, 0.4) is 0 Å². The lowest BCUT2D eigenvalue weighted by Gasteiger charge is -2.44. The Labute approximate surface area is 141 Å². The number of halogens is 2. The minimum atomic E-state index is -0.714. The van der Waals surface area contributed by atoms with E-state index in [9.17, 15) is 8.78 Å². The van der Waals surface area contributed by atoms with Crippen LogP contribution in [0.2, 0.25) is 0 Å². The van der Waals surface area contributed by atoms with Crippen molar-refractivity contribution < 1.29 is 8.78 Å². The van der Waals surface area contributed by atoms with Crippen LogP contribution < -0.4 is 0 Å². The molecule has 0 radical (unpaired) electrons. The van der Waals surface area contributed by atoms with Crippen molar-refractivity contribution in [1.29, 1.82) is 0 Å². The predicted octanol–water partition coefficient (Wildman–Crippen LogP) is 6.59. The molecule has 0 aromatic heterocycles. The van der Waals surface area contributed by atoms with Crippen LogP contribution in [0.25, 0.3) is 0 Å². The van der Waals surface area contributed by atoms with Crippen molar-refractivity contribution in [2.24, 2.45) is 41.4 Å². The van der Waals surface area contributed by atoms with Crippen LogP contribution in [-0.4, -0.2) is 12.3 Å². The highest BCUT2D eigenvalue weighted by Gasteiger charge is 2.43. The summed E-state index contributed by atoms with van der Waals surface area (Å²) in [6.07, 6.45) is 8.53. The maximum atomic E-state index is 14.9. The van der Waals surface area contributed by atoms with E-state index in [1.165, 1.54) is 32.1 Å². The summed E-state index contributed by atoms with van der Waals surface area (Å²) in [5.74, 6) is 3.24. The third-order valence-electron chi connectivity index (χ3n) is 7.87. The summed E-state index contributed by atoms with van der Waals surface area (Å²) < 4.78 is 29.2. The Hall–Kier alpha value is -0.140. The average Bonchev–Trinajstić information content (AvgIpc) is 2.53. The molecule has 0 bridgehead atoms. The Morgan fingerprint density at radius 3 is 1.83 bits per heavy atom. The summed E-state index contributed by atoms with van der Waals surface area (Å²) in [5.41, 5.74) is 0. The highest BCUT2D eigenvalue weighted by atomic mass is 19.1. The van der Waals surface area contributed by atoms with Gasteiger partial charge >= 0.3 is 0 Å². The van der Waals surface area contributed by atoms with E-state index >= 15 is 0 Å². The minimum Gasteiger partial charge on any atom is -0.247 e. The number of alkyl halides is 2. The standard InChI is InChI=1S/C21H36F2/c1-13-4-6-16(7-5-13)17-8-9-19(21(23)11-17)18-10-14(2)15(3)20(22)12-18/h13-21H,4-12H2,1-3H3. The molecule has 0 amide bonds. The van der Waals surface area contributed by atoms with Gasteiger partial charge in [0.1, 0.15) is 12.3 Å². The van der Waals surface area contributed by atoms with Crippen molar-refractivity contribution in [3.63, 3.8) is 0 Å². The molecule has 3 aliphatic rings. The van der Waals surface area contributed by atoms with E-state index in [1.54, 1.807) is 0 Å². The minimum absolute atomic E-state index is 0.141. The molecule has 0 aromatic carbocycles. The van der Waals surface area contributed by atoms with Gasteiger partial charge < -0.3 is 0 Å². The summed E-state index contributed by atoms with van der Waals surface area (Å²) in [7, 11) is 0. The smallest absolute Gasteiger partial charge is 0.103 e. The van der Waals surface area contributed by atoms with Crippen LogP contribution in [-0.2, 0) is 0 Å². The molecule has 0 saturated heterocycles. The zero-order valence-corrected chi connectivity index (χ0v) is 15.3. The first-order valence-electron chi connectivity index (χ1n) is 10.2. The molecule has 7 atom stereocenters. The fraction of sp³-hybridized carbons (Fsp3) is 1.00. The second-order valence-corrected chi connectivity index (χ2v) is 9.36. The van der Waals surface area contributed by atoms with Gasteiger partial charge in [0, 0.05) is 0 Å². The maximum Gasteiger partial charge on any atom is 0.103 e. The molecule has 2 heteroatoms. The molecular weight excluding hydrogens is 290 g/mol. The van der Waals surface area contributed by atoms with Gasteiger partial charge in [-0.2, -0.15) is 0 Å². The molecule has 134 valence electrons. The number of rotatable bonds is 2. The summed E-state index contributed by atoms with van der Waals surface area (Å²) in [6.45, 7) is 6.54. The van der Waals surface area contributed by atoms with Crippen LogP contribution in [0.1, 0.15) is 78.6 Å². The third-order valence-corrected chi connectivity index (χ3v) is 7.87. The summed E-state index contributed by atoms with van der Waals surface area (Å²) >= 11 is 0. The van der Waals surface area contributed by atoms with E-state index in [2.05, 4.69) is 13.8 Å². The summed E-state index contributed by atoms with van der Waals surface area (Å²) in [6, 6.07) is 0. The molecule has 0 heterocycles. The van der Waals surface area contributed by atoms with Crippen molar-refractivity contribution in [2.75, 3.05) is 0 Å². The van der Waals surface area contributed by atoms with Crippen molar-refractivity contribution in [2.45, 2.75) is 90.9 Å². The Bertz CT molecular complexity index is 362. The normalized spacial score (nSPS) is 52.3. The van der Waals surface area contributed by atoms with Gasteiger partial charge in [0.25, 0.3) is 0 Å². The molecule has 3 rings (SSSR count). The lowest BCUT2D eigenvalue weighted by Crippen LogP contribution is -2.40. The van der Waals surface area contributed by atoms with E-state index in [0.717, 1.165) is 31.1 Å². The molecule has 0 aliphatic heterocycles. The first kappa shape index (κ1) is 17.7. The predicted molar refractivity (Wildman–Crippen MR) is 92.8 cm³/mol. The van der Waals surface area contributed by atoms with Gasteiger partial charge in [0.05, 0.1) is 0 Å². The summed E-state index contributed by atoms with van der Waals surface area (Å²) in [5, 5.41) is 0. The Morgan fingerprint density at radius 2 is 1.22 bits per heavy atom. The molecule has 0 spiro atoms. The zero-order chi connectivity index (χ0) is 16.6. The van der Waals surface area contributed by atoms with E-state index in [4.69, 9.17) is 0 Å². The lowest BCUT2D eigenvalue weighted by molar-refractivity contribution is -0.0000333. The van der Waals surface area contributed by atoms with Crippen molar-refractivity contribution in [3.05, 3.63) is 0 Å². The lowest BCUT2D eigenvalue weighted by atomic mass is 9.63.